The predicted octanol–water partition coefficient (Wildman–Crippen LogP) is 2.91. The number of carbonyl (C=O) groups excluding carboxylic acids is 1. The van der Waals surface area contributed by atoms with Gasteiger partial charge in [-0.15, -0.1) is 0 Å². The van der Waals surface area contributed by atoms with E-state index < -0.39 is 29.7 Å². The Bertz CT molecular complexity index is 521. The SMILES string of the molecule is C=C(F)C(=O)N[C@@H]1CCO[C@H]1c1ccc(Cl)c(F)c1. The van der Waals surface area contributed by atoms with Crippen molar-refractivity contribution in [3.05, 3.63) is 47.0 Å². The van der Waals surface area contributed by atoms with Crippen molar-refractivity contribution in [1.29, 1.82) is 0 Å². The predicted molar refractivity (Wildman–Crippen MR) is 66.9 cm³/mol. The van der Waals surface area contributed by atoms with E-state index in [9.17, 15) is 13.6 Å². The van der Waals surface area contributed by atoms with Crippen molar-refractivity contribution < 1.29 is 18.3 Å². The van der Waals surface area contributed by atoms with Gasteiger partial charge in [-0.05, 0) is 24.1 Å². The van der Waals surface area contributed by atoms with Crippen LogP contribution in [0.3, 0.4) is 0 Å². The molecule has 102 valence electrons. The third-order valence-electron chi connectivity index (χ3n) is 2.93. The molecule has 1 heterocycles. The van der Waals surface area contributed by atoms with Crippen LogP contribution in [0.5, 0.6) is 0 Å². The van der Waals surface area contributed by atoms with Crippen molar-refractivity contribution in [1.82, 2.24) is 5.32 Å². The van der Waals surface area contributed by atoms with Gasteiger partial charge in [-0.1, -0.05) is 24.2 Å². The second-order valence-corrected chi connectivity index (χ2v) is 4.65. The van der Waals surface area contributed by atoms with Crippen LogP contribution in [0.1, 0.15) is 18.1 Å². The van der Waals surface area contributed by atoms with Gasteiger partial charge >= 0.3 is 0 Å². The molecule has 1 aromatic rings. The summed E-state index contributed by atoms with van der Waals surface area (Å²) in [5.41, 5.74) is 0.550. The van der Waals surface area contributed by atoms with Crippen LogP contribution in [0, 0.1) is 5.82 Å². The van der Waals surface area contributed by atoms with Crippen LogP contribution in [0.2, 0.25) is 5.02 Å². The molecule has 0 spiro atoms. The summed E-state index contributed by atoms with van der Waals surface area (Å²) >= 11 is 5.60. The third-order valence-corrected chi connectivity index (χ3v) is 3.23. The summed E-state index contributed by atoms with van der Waals surface area (Å²) in [5.74, 6) is -2.50. The van der Waals surface area contributed by atoms with E-state index in [1.807, 2.05) is 0 Å². The second kappa shape index (κ2) is 5.67. The maximum atomic E-state index is 13.4. The van der Waals surface area contributed by atoms with Crippen molar-refractivity contribution in [2.45, 2.75) is 18.6 Å². The number of benzene rings is 1. The molecule has 0 bridgehead atoms. The second-order valence-electron chi connectivity index (χ2n) is 4.24. The van der Waals surface area contributed by atoms with Gasteiger partial charge in [0.25, 0.3) is 5.91 Å². The van der Waals surface area contributed by atoms with Gasteiger partial charge in [0.2, 0.25) is 0 Å². The van der Waals surface area contributed by atoms with Crippen LogP contribution >= 0.6 is 11.6 Å². The van der Waals surface area contributed by atoms with Gasteiger partial charge in [0.1, 0.15) is 11.9 Å². The molecule has 3 nitrogen and oxygen atoms in total. The molecule has 0 unspecified atom stereocenters. The Hall–Kier alpha value is -1.46. The maximum Gasteiger partial charge on any atom is 0.279 e. The van der Waals surface area contributed by atoms with E-state index in [0.29, 0.717) is 18.6 Å². The van der Waals surface area contributed by atoms with E-state index in [1.165, 1.54) is 12.1 Å². The fraction of sp³-hybridized carbons (Fsp3) is 0.308. The number of hydrogen-bond donors (Lipinski definition) is 1. The maximum absolute atomic E-state index is 13.4. The zero-order valence-corrected chi connectivity index (χ0v) is 10.7. The van der Waals surface area contributed by atoms with Gasteiger partial charge < -0.3 is 10.1 Å². The van der Waals surface area contributed by atoms with Crippen LogP contribution in [0.4, 0.5) is 8.78 Å². The summed E-state index contributed by atoms with van der Waals surface area (Å²) in [7, 11) is 0. The normalized spacial score (nSPS) is 22.3. The average Bonchev–Trinajstić information content (AvgIpc) is 2.80. The van der Waals surface area contributed by atoms with Gasteiger partial charge in [-0.2, -0.15) is 0 Å². The minimum atomic E-state index is -1.06. The molecule has 1 saturated heterocycles. The van der Waals surface area contributed by atoms with Gasteiger partial charge in [0, 0.05) is 6.61 Å². The highest BCUT2D eigenvalue weighted by Crippen LogP contribution is 2.31. The summed E-state index contributed by atoms with van der Waals surface area (Å²) in [6.07, 6.45) is 0.00330. The zero-order valence-electron chi connectivity index (χ0n) is 9.96. The van der Waals surface area contributed by atoms with Crippen molar-refractivity contribution >= 4 is 17.5 Å². The molecule has 1 fully saturated rings. The molecule has 1 aromatic carbocycles. The highest BCUT2D eigenvalue weighted by Gasteiger charge is 2.31. The van der Waals surface area contributed by atoms with Crippen LogP contribution in [0.15, 0.2) is 30.6 Å². The first-order chi connectivity index (χ1) is 8.99. The number of nitrogens with one attached hydrogen (secondary N) is 1. The lowest BCUT2D eigenvalue weighted by Crippen LogP contribution is -2.36. The Kier molecular flexibility index (Phi) is 4.17. The lowest BCUT2D eigenvalue weighted by Gasteiger charge is -2.20. The van der Waals surface area contributed by atoms with Gasteiger partial charge in [-0.25, -0.2) is 8.78 Å². The number of ether oxygens (including phenoxy) is 1. The van der Waals surface area contributed by atoms with E-state index in [1.54, 1.807) is 6.07 Å². The van der Waals surface area contributed by atoms with Crippen LogP contribution in [0.25, 0.3) is 0 Å². The molecule has 0 aliphatic carbocycles. The molecule has 0 radical (unpaired) electrons. The molecule has 2 atom stereocenters. The smallest absolute Gasteiger partial charge is 0.279 e. The molecule has 19 heavy (non-hydrogen) atoms. The summed E-state index contributed by atoms with van der Waals surface area (Å²) < 4.78 is 31.5. The van der Waals surface area contributed by atoms with E-state index in [2.05, 4.69) is 11.9 Å². The first-order valence-corrected chi connectivity index (χ1v) is 6.08. The summed E-state index contributed by atoms with van der Waals surface area (Å²) in [5, 5.41) is 2.48. The Morgan fingerprint density at radius 2 is 2.26 bits per heavy atom. The monoisotopic (exact) mass is 287 g/mol. The zero-order chi connectivity index (χ0) is 14.0. The number of carbonyl (C=O) groups is 1. The number of halogens is 3. The summed E-state index contributed by atoms with van der Waals surface area (Å²) in [6.45, 7) is 3.33. The van der Waals surface area contributed by atoms with Gasteiger partial charge in [0.05, 0.1) is 11.1 Å². The van der Waals surface area contributed by atoms with Crippen LogP contribution in [-0.4, -0.2) is 18.6 Å². The van der Waals surface area contributed by atoms with E-state index in [0.717, 1.165) is 0 Å². The number of hydrogen-bond acceptors (Lipinski definition) is 2. The molecular formula is C13H12ClF2NO2. The van der Waals surface area contributed by atoms with Crippen molar-refractivity contribution in [2.24, 2.45) is 0 Å². The number of rotatable bonds is 3. The third kappa shape index (κ3) is 3.11. The molecular weight excluding hydrogens is 276 g/mol. The Morgan fingerprint density at radius 3 is 2.89 bits per heavy atom. The first-order valence-electron chi connectivity index (χ1n) is 5.71. The molecule has 0 aromatic heterocycles. The number of amides is 1. The average molecular weight is 288 g/mol. The fourth-order valence-corrected chi connectivity index (χ4v) is 2.12. The molecule has 1 aliphatic rings. The molecule has 1 amide bonds. The largest absolute Gasteiger partial charge is 0.371 e. The molecule has 1 N–H and O–H groups in total. The Labute approximate surface area is 114 Å². The minimum Gasteiger partial charge on any atom is -0.371 e. The van der Waals surface area contributed by atoms with E-state index in [-0.39, 0.29) is 5.02 Å². The van der Waals surface area contributed by atoms with Gasteiger partial charge in [0.15, 0.2) is 5.83 Å². The Morgan fingerprint density at radius 1 is 1.53 bits per heavy atom. The van der Waals surface area contributed by atoms with Crippen molar-refractivity contribution in [2.75, 3.05) is 6.61 Å². The standard InChI is InChI=1S/C13H12ClF2NO2/c1-7(15)13(18)17-11-4-5-19-12(11)8-2-3-9(14)10(16)6-8/h2-3,6,11-12H,1,4-5H2,(H,17,18)/t11-,12+/m1/s1. The Balaban J connectivity index is 2.16. The van der Waals surface area contributed by atoms with Crippen molar-refractivity contribution in [3.8, 4) is 0 Å². The summed E-state index contributed by atoms with van der Waals surface area (Å²) in [4.78, 5) is 11.3. The molecule has 1 aliphatic heterocycles. The highest BCUT2D eigenvalue weighted by molar-refractivity contribution is 6.30. The topological polar surface area (TPSA) is 38.3 Å². The fourth-order valence-electron chi connectivity index (χ4n) is 2.00. The molecule has 0 saturated carbocycles. The molecule has 6 heteroatoms. The van der Waals surface area contributed by atoms with E-state index >= 15 is 0 Å². The quantitative estimate of drug-likeness (QED) is 0.868. The minimum absolute atomic E-state index is 0.0134. The lowest BCUT2D eigenvalue weighted by atomic mass is 10.0. The summed E-state index contributed by atoms with van der Waals surface area (Å²) in [6, 6.07) is 3.87. The van der Waals surface area contributed by atoms with Gasteiger partial charge in [-0.3, -0.25) is 4.79 Å². The van der Waals surface area contributed by atoms with Crippen LogP contribution in [-0.2, 0) is 9.53 Å². The molecule has 2 rings (SSSR count). The highest BCUT2D eigenvalue weighted by atomic mass is 35.5. The van der Waals surface area contributed by atoms with E-state index in [4.69, 9.17) is 16.3 Å². The lowest BCUT2D eigenvalue weighted by molar-refractivity contribution is -0.119. The van der Waals surface area contributed by atoms with Crippen LogP contribution < -0.4 is 5.32 Å². The first kappa shape index (κ1) is 14.0. The van der Waals surface area contributed by atoms with Crippen molar-refractivity contribution in [3.63, 3.8) is 0 Å².